The zero-order valence-electron chi connectivity index (χ0n) is 12.0. The number of hydrogen-bond acceptors (Lipinski definition) is 3. The normalized spacial score (nSPS) is 22.9. The molecule has 1 aliphatic carbocycles. The first kappa shape index (κ1) is 13.6. The number of hydrogen-bond donors (Lipinski definition) is 0. The predicted molar refractivity (Wildman–Crippen MR) is 81.5 cm³/mol. The summed E-state index contributed by atoms with van der Waals surface area (Å²) in [6.07, 6.45) is 6.86. The Balaban J connectivity index is 2.10. The van der Waals surface area contributed by atoms with E-state index in [-0.39, 0.29) is 4.87 Å². The standard InChI is InChI=1S/C16H20NO2S/c1-11-5-3-4-6-14(11)17-10-12-9-13(19-2)7-8-15(12)20-16(17)18/h7-11,14H,3-6H2,1-2H3/q+1. The number of nitrogens with zero attached hydrogens (tertiary/aromatic N) is 1. The topological polar surface area (TPSA) is 30.2 Å². The predicted octanol–water partition coefficient (Wildman–Crippen LogP) is 3.31. The first-order valence-corrected chi connectivity index (χ1v) is 8.04. The van der Waals surface area contributed by atoms with E-state index in [2.05, 4.69) is 6.92 Å². The van der Waals surface area contributed by atoms with Crippen molar-refractivity contribution >= 4 is 21.4 Å². The van der Waals surface area contributed by atoms with Crippen LogP contribution in [0.5, 0.6) is 5.75 Å². The molecule has 2 aromatic rings. The summed E-state index contributed by atoms with van der Waals surface area (Å²) in [6.45, 7) is 2.26. The molecule has 3 nitrogen and oxygen atoms in total. The van der Waals surface area contributed by atoms with Crippen LogP contribution in [-0.2, 0) is 0 Å². The van der Waals surface area contributed by atoms with Crippen molar-refractivity contribution in [3.63, 3.8) is 0 Å². The Hall–Kier alpha value is -1.42. The Bertz CT molecular complexity index is 680. The second-order valence-electron chi connectivity index (χ2n) is 5.64. The molecule has 2 atom stereocenters. The molecule has 1 aliphatic rings. The molecule has 1 aromatic heterocycles. The van der Waals surface area contributed by atoms with Gasteiger partial charge in [0.1, 0.15) is 5.75 Å². The molecule has 1 heterocycles. The van der Waals surface area contributed by atoms with Crippen LogP contribution in [0, 0.1) is 5.92 Å². The third kappa shape index (κ3) is 2.44. The summed E-state index contributed by atoms with van der Waals surface area (Å²) < 4.78 is 8.25. The van der Waals surface area contributed by atoms with E-state index in [0.29, 0.717) is 12.0 Å². The lowest BCUT2D eigenvalue weighted by Gasteiger charge is -2.23. The minimum atomic E-state index is 0.154. The third-order valence-corrected chi connectivity index (χ3v) is 5.30. The molecule has 1 aromatic carbocycles. The lowest BCUT2D eigenvalue weighted by atomic mass is 9.86. The summed E-state index contributed by atoms with van der Waals surface area (Å²) in [5, 5.41) is 1.09. The summed E-state index contributed by atoms with van der Waals surface area (Å²) in [5.74, 6) is 1.42. The van der Waals surface area contributed by atoms with Gasteiger partial charge in [0.2, 0.25) is 0 Å². The van der Waals surface area contributed by atoms with Crippen molar-refractivity contribution in [2.24, 2.45) is 5.92 Å². The molecule has 20 heavy (non-hydrogen) atoms. The number of benzene rings is 1. The zero-order chi connectivity index (χ0) is 14.1. The molecule has 0 bridgehead atoms. The van der Waals surface area contributed by atoms with Crippen LogP contribution < -0.4 is 14.2 Å². The average Bonchev–Trinajstić information content (AvgIpc) is 2.47. The molecule has 0 aliphatic heterocycles. The SMILES string of the molecule is COc1ccc2sc(=O)[n+](C3CCCCC3C)cc2c1. The van der Waals surface area contributed by atoms with Gasteiger partial charge in [0, 0.05) is 12.3 Å². The van der Waals surface area contributed by atoms with Crippen LogP contribution in [-0.4, -0.2) is 7.11 Å². The van der Waals surface area contributed by atoms with Crippen molar-refractivity contribution in [1.29, 1.82) is 0 Å². The highest BCUT2D eigenvalue weighted by Gasteiger charge is 2.31. The minimum Gasteiger partial charge on any atom is -0.497 e. The van der Waals surface area contributed by atoms with E-state index < -0.39 is 0 Å². The van der Waals surface area contributed by atoms with Gasteiger partial charge in [0.25, 0.3) is 0 Å². The molecular formula is C16H20NO2S+. The van der Waals surface area contributed by atoms with Crippen molar-refractivity contribution in [2.45, 2.75) is 38.6 Å². The van der Waals surface area contributed by atoms with Crippen molar-refractivity contribution in [2.75, 3.05) is 7.11 Å². The Labute approximate surface area is 122 Å². The van der Waals surface area contributed by atoms with Gasteiger partial charge in [0.15, 0.2) is 12.2 Å². The summed E-state index contributed by atoms with van der Waals surface area (Å²) in [7, 11) is 1.67. The number of ether oxygens (including phenoxy) is 1. The van der Waals surface area contributed by atoms with Gasteiger partial charge in [-0.25, -0.2) is 4.79 Å². The Morgan fingerprint density at radius 3 is 2.85 bits per heavy atom. The largest absolute Gasteiger partial charge is 0.497 e. The van der Waals surface area contributed by atoms with Gasteiger partial charge in [-0.1, -0.05) is 13.3 Å². The van der Waals surface area contributed by atoms with E-state index in [9.17, 15) is 4.79 Å². The fourth-order valence-electron chi connectivity index (χ4n) is 3.14. The molecule has 0 saturated heterocycles. The van der Waals surface area contributed by atoms with Crippen LogP contribution in [0.1, 0.15) is 38.6 Å². The highest BCUT2D eigenvalue weighted by Crippen LogP contribution is 2.30. The lowest BCUT2D eigenvalue weighted by Crippen LogP contribution is -2.54. The van der Waals surface area contributed by atoms with Crippen molar-refractivity contribution in [3.05, 3.63) is 34.1 Å². The summed E-state index contributed by atoms with van der Waals surface area (Å²) in [6, 6.07) is 6.24. The highest BCUT2D eigenvalue weighted by molar-refractivity contribution is 7.15. The maximum Gasteiger partial charge on any atom is 0.473 e. The van der Waals surface area contributed by atoms with Gasteiger partial charge in [-0.05, 0) is 42.4 Å². The van der Waals surface area contributed by atoms with Gasteiger partial charge in [-0.15, -0.1) is 0 Å². The molecule has 0 spiro atoms. The lowest BCUT2D eigenvalue weighted by molar-refractivity contribution is -0.740. The molecular weight excluding hydrogens is 270 g/mol. The van der Waals surface area contributed by atoms with Crippen LogP contribution in [0.4, 0.5) is 0 Å². The van der Waals surface area contributed by atoms with Crippen LogP contribution in [0.25, 0.3) is 10.1 Å². The second kappa shape index (κ2) is 5.52. The smallest absolute Gasteiger partial charge is 0.473 e. The maximum absolute atomic E-state index is 12.4. The Morgan fingerprint density at radius 1 is 1.30 bits per heavy atom. The van der Waals surface area contributed by atoms with E-state index in [4.69, 9.17) is 4.74 Å². The first-order chi connectivity index (χ1) is 9.69. The molecule has 3 rings (SSSR count). The molecule has 1 saturated carbocycles. The van der Waals surface area contributed by atoms with E-state index in [1.54, 1.807) is 7.11 Å². The first-order valence-electron chi connectivity index (χ1n) is 7.22. The second-order valence-corrected chi connectivity index (χ2v) is 6.63. The minimum absolute atomic E-state index is 0.154. The molecule has 2 unspecified atom stereocenters. The summed E-state index contributed by atoms with van der Waals surface area (Å²) in [4.78, 5) is 12.5. The molecule has 106 valence electrons. The fraction of sp³-hybridized carbons (Fsp3) is 0.500. The van der Waals surface area contributed by atoms with E-state index in [1.807, 2.05) is 29.0 Å². The highest BCUT2D eigenvalue weighted by atomic mass is 32.1. The molecule has 0 amide bonds. The van der Waals surface area contributed by atoms with Gasteiger partial charge < -0.3 is 4.74 Å². The number of methoxy groups -OCH3 is 1. The fourth-order valence-corrected chi connectivity index (χ4v) is 3.98. The molecule has 4 heteroatoms. The number of fused-ring (bicyclic) bond motifs is 1. The van der Waals surface area contributed by atoms with Gasteiger partial charge >= 0.3 is 4.87 Å². The molecule has 0 radical (unpaired) electrons. The Kier molecular flexibility index (Phi) is 3.74. The van der Waals surface area contributed by atoms with Crippen LogP contribution in [0.3, 0.4) is 0 Å². The van der Waals surface area contributed by atoms with E-state index >= 15 is 0 Å². The average molecular weight is 290 g/mol. The van der Waals surface area contributed by atoms with Crippen molar-refractivity contribution in [1.82, 2.24) is 0 Å². The van der Waals surface area contributed by atoms with E-state index in [1.165, 1.54) is 30.6 Å². The molecule has 1 fully saturated rings. The van der Waals surface area contributed by atoms with Gasteiger partial charge in [-0.3, -0.25) is 0 Å². The van der Waals surface area contributed by atoms with Gasteiger partial charge in [-0.2, -0.15) is 4.57 Å². The van der Waals surface area contributed by atoms with E-state index in [0.717, 1.165) is 22.3 Å². The Morgan fingerprint density at radius 2 is 2.10 bits per heavy atom. The number of rotatable bonds is 2. The zero-order valence-corrected chi connectivity index (χ0v) is 12.8. The monoisotopic (exact) mass is 290 g/mol. The van der Waals surface area contributed by atoms with Crippen molar-refractivity contribution in [3.8, 4) is 5.75 Å². The van der Waals surface area contributed by atoms with Crippen LogP contribution in [0.15, 0.2) is 29.2 Å². The van der Waals surface area contributed by atoms with Gasteiger partial charge in [0.05, 0.1) is 17.2 Å². The van der Waals surface area contributed by atoms with Crippen LogP contribution >= 0.6 is 11.3 Å². The third-order valence-electron chi connectivity index (χ3n) is 4.33. The number of aromatic nitrogens is 1. The van der Waals surface area contributed by atoms with Crippen molar-refractivity contribution < 1.29 is 9.30 Å². The maximum atomic E-state index is 12.4. The quantitative estimate of drug-likeness (QED) is 0.794. The van der Waals surface area contributed by atoms with Crippen LogP contribution in [0.2, 0.25) is 0 Å². The molecule has 0 N–H and O–H groups in total. The summed E-state index contributed by atoms with van der Waals surface area (Å²) in [5.41, 5.74) is 0. The summed E-state index contributed by atoms with van der Waals surface area (Å²) >= 11 is 1.34.